The maximum atomic E-state index is 11.9. The molecule has 0 saturated heterocycles. The van der Waals surface area contributed by atoms with Gasteiger partial charge in [-0.2, -0.15) is 0 Å². The third-order valence-corrected chi connectivity index (χ3v) is 3.32. The molecule has 4 N–H and O–H groups in total. The van der Waals surface area contributed by atoms with Crippen LogP contribution < -0.4 is 16.6 Å². The van der Waals surface area contributed by atoms with Crippen molar-refractivity contribution in [3.63, 3.8) is 0 Å². The minimum absolute atomic E-state index is 0.175. The summed E-state index contributed by atoms with van der Waals surface area (Å²) >= 11 is 0. The minimum Gasteiger partial charge on any atom is -0.349 e. The van der Waals surface area contributed by atoms with E-state index < -0.39 is 4.92 Å². The van der Waals surface area contributed by atoms with Gasteiger partial charge < -0.3 is 10.7 Å². The van der Waals surface area contributed by atoms with Crippen molar-refractivity contribution in [1.29, 1.82) is 0 Å². The summed E-state index contributed by atoms with van der Waals surface area (Å²) in [4.78, 5) is 22.2. The highest BCUT2D eigenvalue weighted by atomic mass is 16.6. The van der Waals surface area contributed by atoms with Gasteiger partial charge in [0.1, 0.15) is 5.69 Å². The second-order valence-corrected chi connectivity index (χ2v) is 4.88. The highest BCUT2D eigenvalue weighted by Crippen LogP contribution is 2.28. The number of hydrazine groups is 1. The molecule has 0 spiro atoms. The number of nitrogen functional groups attached to an aromatic ring is 1. The Morgan fingerprint density at radius 3 is 2.68 bits per heavy atom. The summed E-state index contributed by atoms with van der Waals surface area (Å²) in [7, 11) is 0. The Bertz CT molecular complexity index is 512. The number of amides is 1. The third kappa shape index (κ3) is 2.82. The average Bonchev–Trinajstić information content (AvgIpc) is 2.35. The zero-order chi connectivity index (χ0) is 14.0. The van der Waals surface area contributed by atoms with Crippen molar-refractivity contribution in [3.05, 3.63) is 33.9 Å². The SMILES string of the molecule is CC1CC(NC(=O)c2ccc(NN)c([N+](=O)[O-])c2)C1. The number of rotatable bonds is 4. The first kappa shape index (κ1) is 13.3. The Labute approximate surface area is 110 Å². The number of nitro groups is 1. The normalized spacial score (nSPS) is 21.4. The number of nitrogens with zero attached hydrogens (tertiary/aromatic N) is 1. The summed E-state index contributed by atoms with van der Waals surface area (Å²) in [5, 5.41) is 13.7. The van der Waals surface area contributed by atoms with E-state index in [1.54, 1.807) is 0 Å². The molecule has 102 valence electrons. The molecule has 1 saturated carbocycles. The molecule has 1 aliphatic rings. The van der Waals surface area contributed by atoms with Crippen molar-refractivity contribution in [2.75, 3.05) is 5.43 Å². The Balaban J connectivity index is 2.13. The summed E-state index contributed by atoms with van der Waals surface area (Å²) < 4.78 is 0. The van der Waals surface area contributed by atoms with E-state index >= 15 is 0 Å². The zero-order valence-electron chi connectivity index (χ0n) is 10.6. The largest absolute Gasteiger partial charge is 0.349 e. The van der Waals surface area contributed by atoms with Gasteiger partial charge in [-0.05, 0) is 30.9 Å². The molecule has 0 aromatic heterocycles. The van der Waals surface area contributed by atoms with Gasteiger partial charge in [0.15, 0.2) is 0 Å². The maximum Gasteiger partial charge on any atom is 0.294 e. The first-order valence-electron chi connectivity index (χ1n) is 6.07. The van der Waals surface area contributed by atoms with Crippen molar-refractivity contribution in [1.82, 2.24) is 5.32 Å². The fourth-order valence-corrected chi connectivity index (χ4v) is 2.23. The number of hydrogen-bond donors (Lipinski definition) is 3. The van der Waals surface area contributed by atoms with E-state index in [9.17, 15) is 14.9 Å². The molecule has 0 aliphatic heterocycles. The molecule has 1 aromatic carbocycles. The molecule has 7 heteroatoms. The van der Waals surface area contributed by atoms with E-state index in [1.807, 2.05) is 0 Å². The van der Waals surface area contributed by atoms with Crippen LogP contribution in [0.1, 0.15) is 30.1 Å². The summed E-state index contributed by atoms with van der Waals surface area (Å²) in [6.45, 7) is 2.12. The van der Waals surface area contributed by atoms with E-state index in [-0.39, 0.29) is 28.9 Å². The van der Waals surface area contributed by atoms with Crippen molar-refractivity contribution in [2.24, 2.45) is 11.8 Å². The highest BCUT2D eigenvalue weighted by Gasteiger charge is 2.27. The molecule has 0 atom stereocenters. The van der Waals surface area contributed by atoms with Crippen LogP contribution in [0.15, 0.2) is 18.2 Å². The summed E-state index contributed by atoms with van der Waals surface area (Å²) in [5.74, 6) is 5.53. The van der Waals surface area contributed by atoms with Gasteiger partial charge >= 0.3 is 0 Å². The number of carbonyl (C=O) groups excluding carboxylic acids is 1. The Morgan fingerprint density at radius 2 is 2.16 bits per heavy atom. The fraction of sp³-hybridized carbons (Fsp3) is 0.417. The van der Waals surface area contributed by atoms with Crippen LogP contribution in [-0.4, -0.2) is 16.9 Å². The van der Waals surface area contributed by atoms with Crippen LogP contribution in [0.2, 0.25) is 0 Å². The van der Waals surface area contributed by atoms with Gasteiger partial charge in [0, 0.05) is 17.7 Å². The van der Waals surface area contributed by atoms with Crippen molar-refractivity contribution in [2.45, 2.75) is 25.8 Å². The van der Waals surface area contributed by atoms with Gasteiger partial charge in [0.05, 0.1) is 4.92 Å². The van der Waals surface area contributed by atoms with Gasteiger partial charge in [-0.3, -0.25) is 20.8 Å². The lowest BCUT2D eigenvalue weighted by atomic mass is 9.82. The van der Waals surface area contributed by atoms with Gasteiger partial charge in [-0.1, -0.05) is 6.92 Å². The van der Waals surface area contributed by atoms with E-state index in [2.05, 4.69) is 17.7 Å². The lowest BCUT2D eigenvalue weighted by Crippen LogP contribution is -2.43. The van der Waals surface area contributed by atoms with Crippen molar-refractivity contribution < 1.29 is 9.72 Å². The molecule has 0 heterocycles. The predicted octanol–water partition coefficient (Wildman–Crippen LogP) is 1.41. The van der Waals surface area contributed by atoms with Gasteiger partial charge in [-0.15, -0.1) is 0 Å². The smallest absolute Gasteiger partial charge is 0.294 e. The van der Waals surface area contributed by atoms with Crippen LogP contribution in [0.5, 0.6) is 0 Å². The number of benzene rings is 1. The molecule has 2 rings (SSSR count). The lowest BCUT2D eigenvalue weighted by molar-refractivity contribution is -0.384. The number of anilines is 1. The molecule has 1 aromatic rings. The monoisotopic (exact) mass is 264 g/mol. The number of nitro benzene ring substituents is 1. The first-order valence-corrected chi connectivity index (χ1v) is 6.07. The highest BCUT2D eigenvalue weighted by molar-refractivity contribution is 5.96. The van der Waals surface area contributed by atoms with Crippen molar-refractivity contribution in [3.8, 4) is 0 Å². The lowest BCUT2D eigenvalue weighted by Gasteiger charge is -2.33. The molecule has 1 amide bonds. The van der Waals surface area contributed by atoms with Gasteiger partial charge in [0.25, 0.3) is 11.6 Å². The molecule has 7 nitrogen and oxygen atoms in total. The number of hydrogen-bond acceptors (Lipinski definition) is 5. The number of nitrogens with two attached hydrogens (primary N) is 1. The Morgan fingerprint density at radius 1 is 1.47 bits per heavy atom. The molecule has 0 unspecified atom stereocenters. The van der Waals surface area contributed by atoms with Crippen LogP contribution in [-0.2, 0) is 0 Å². The van der Waals surface area contributed by atoms with Crippen LogP contribution >= 0.6 is 0 Å². The molecule has 0 radical (unpaired) electrons. The summed E-state index contributed by atoms with van der Waals surface area (Å²) in [5.41, 5.74) is 2.48. The average molecular weight is 264 g/mol. The second kappa shape index (κ2) is 5.23. The molecule has 1 fully saturated rings. The summed E-state index contributed by atoms with van der Waals surface area (Å²) in [6, 6.07) is 4.34. The predicted molar refractivity (Wildman–Crippen MR) is 70.6 cm³/mol. The molecule has 19 heavy (non-hydrogen) atoms. The third-order valence-electron chi connectivity index (χ3n) is 3.32. The molecule has 1 aliphatic carbocycles. The minimum atomic E-state index is -0.572. The van der Waals surface area contributed by atoms with Crippen LogP contribution in [0.3, 0.4) is 0 Å². The van der Waals surface area contributed by atoms with Crippen molar-refractivity contribution >= 4 is 17.3 Å². The van der Waals surface area contributed by atoms with E-state index in [0.29, 0.717) is 5.92 Å². The zero-order valence-corrected chi connectivity index (χ0v) is 10.6. The number of carbonyl (C=O) groups is 1. The van der Waals surface area contributed by atoms with E-state index in [1.165, 1.54) is 18.2 Å². The van der Waals surface area contributed by atoms with Crippen LogP contribution in [0.25, 0.3) is 0 Å². The fourth-order valence-electron chi connectivity index (χ4n) is 2.23. The van der Waals surface area contributed by atoms with E-state index in [0.717, 1.165) is 12.8 Å². The second-order valence-electron chi connectivity index (χ2n) is 4.88. The number of nitrogens with one attached hydrogen (secondary N) is 2. The quantitative estimate of drug-likeness (QED) is 0.432. The standard InChI is InChI=1S/C12H16N4O3/c1-7-4-9(5-7)14-12(17)8-2-3-10(15-13)11(6-8)16(18)19/h2-3,6-7,9,15H,4-5,13H2,1H3,(H,14,17). The van der Waals surface area contributed by atoms with Crippen LogP contribution in [0, 0.1) is 16.0 Å². The van der Waals surface area contributed by atoms with Gasteiger partial charge in [0.2, 0.25) is 0 Å². The van der Waals surface area contributed by atoms with E-state index in [4.69, 9.17) is 5.84 Å². The molecular weight excluding hydrogens is 248 g/mol. The Kier molecular flexibility index (Phi) is 3.66. The topological polar surface area (TPSA) is 110 Å². The molecular formula is C12H16N4O3. The summed E-state index contributed by atoms with van der Waals surface area (Å²) in [6.07, 6.45) is 1.91. The maximum absolute atomic E-state index is 11.9. The Hall–Kier alpha value is -2.15. The van der Waals surface area contributed by atoms with Gasteiger partial charge in [-0.25, -0.2) is 0 Å². The van der Waals surface area contributed by atoms with Crippen LogP contribution in [0.4, 0.5) is 11.4 Å². The first-order chi connectivity index (χ1) is 9.01. The molecule has 0 bridgehead atoms.